The largest absolute Gasteiger partial charge is 0.461 e. The molecule has 1 aromatic carbocycles. The number of carbonyl (C=O) groups excluding carboxylic acids is 2. The fourth-order valence-corrected chi connectivity index (χ4v) is 3.53. The Balaban J connectivity index is 1.61. The Morgan fingerprint density at radius 1 is 1.32 bits per heavy atom. The van der Waals surface area contributed by atoms with Crippen LogP contribution in [0.25, 0.3) is 5.69 Å². The summed E-state index contributed by atoms with van der Waals surface area (Å²) in [6.07, 6.45) is 4.46. The van der Waals surface area contributed by atoms with Gasteiger partial charge in [-0.1, -0.05) is 0 Å². The van der Waals surface area contributed by atoms with Gasteiger partial charge in [-0.25, -0.2) is 14.2 Å². The zero-order valence-electron chi connectivity index (χ0n) is 13.4. The van der Waals surface area contributed by atoms with Crippen LogP contribution in [0.3, 0.4) is 0 Å². The molecule has 7 heteroatoms. The Bertz CT molecular complexity index is 903. The Morgan fingerprint density at radius 3 is 2.88 bits per heavy atom. The summed E-state index contributed by atoms with van der Waals surface area (Å²) in [7, 11) is 0. The summed E-state index contributed by atoms with van der Waals surface area (Å²) in [6.45, 7) is 1.00. The molecule has 5 rings (SSSR count). The molecule has 3 aliphatic rings. The van der Waals surface area contributed by atoms with Gasteiger partial charge in [-0.2, -0.15) is 0 Å². The number of esters is 1. The van der Waals surface area contributed by atoms with Crippen molar-refractivity contribution in [2.45, 2.75) is 25.3 Å². The van der Waals surface area contributed by atoms with Crippen molar-refractivity contribution in [2.24, 2.45) is 5.92 Å². The molecule has 128 valence electrons. The van der Waals surface area contributed by atoms with Crippen LogP contribution in [0.2, 0.25) is 0 Å². The number of hydrogen-bond acceptors (Lipinski definition) is 4. The molecule has 0 unspecified atom stereocenters. The third-order valence-corrected chi connectivity index (χ3v) is 5.19. The van der Waals surface area contributed by atoms with Crippen LogP contribution in [0.4, 0.5) is 4.39 Å². The fraction of sp³-hybridized carbons (Fsp3) is 0.389. The van der Waals surface area contributed by atoms with Gasteiger partial charge in [-0.05, 0) is 43.4 Å². The topological polar surface area (TPSA) is 64.4 Å². The van der Waals surface area contributed by atoms with E-state index >= 15 is 0 Å². The highest BCUT2D eigenvalue weighted by molar-refractivity contribution is 6.00. The molecule has 1 aliphatic carbocycles. The van der Waals surface area contributed by atoms with E-state index in [-0.39, 0.29) is 17.6 Å². The average Bonchev–Trinajstić information content (AvgIpc) is 3.31. The Hall–Kier alpha value is -2.70. The van der Waals surface area contributed by atoms with Gasteiger partial charge in [0.15, 0.2) is 5.69 Å². The Morgan fingerprint density at radius 2 is 2.16 bits per heavy atom. The average molecular weight is 341 g/mol. The number of rotatable bonds is 3. The lowest BCUT2D eigenvalue weighted by molar-refractivity contribution is 0.0414. The van der Waals surface area contributed by atoms with Crippen molar-refractivity contribution in [1.29, 1.82) is 0 Å². The molecule has 1 aromatic heterocycles. The van der Waals surface area contributed by atoms with Gasteiger partial charge < -0.3 is 9.64 Å². The molecule has 0 spiro atoms. The second-order valence-corrected chi connectivity index (χ2v) is 6.85. The molecule has 6 nitrogen and oxygen atoms in total. The highest BCUT2D eigenvalue weighted by atomic mass is 19.1. The zero-order valence-corrected chi connectivity index (χ0v) is 13.4. The highest BCUT2D eigenvalue weighted by Gasteiger charge is 2.43. The van der Waals surface area contributed by atoms with E-state index in [1.165, 1.54) is 18.5 Å². The summed E-state index contributed by atoms with van der Waals surface area (Å²) in [5, 5.41) is 0. The summed E-state index contributed by atoms with van der Waals surface area (Å²) in [5.41, 5.74) is 1.74. The zero-order chi connectivity index (χ0) is 17.1. The molecular formula is C18H16FN3O3. The van der Waals surface area contributed by atoms with Crippen LogP contribution >= 0.6 is 0 Å². The van der Waals surface area contributed by atoms with Gasteiger partial charge in [0.1, 0.15) is 12.1 Å². The molecule has 1 atom stereocenters. The summed E-state index contributed by atoms with van der Waals surface area (Å²) in [6, 6.07) is 3.88. The number of amides is 1. The molecule has 2 fully saturated rings. The van der Waals surface area contributed by atoms with Crippen molar-refractivity contribution in [3.63, 3.8) is 0 Å². The monoisotopic (exact) mass is 341 g/mol. The normalized spacial score (nSPS) is 20.9. The second-order valence-electron chi connectivity index (χ2n) is 6.85. The van der Waals surface area contributed by atoms with Crippen LogP contribution in [0, 0.1) is 11.7 Å². The molecule has 0 N–H and O–H groups in total. The first-order valence-electron chi connectivity index (χ1n) is 8.48. The van der Waals surface area contributed by atoms with Crippen LogP contribution in [0.5, 0.6) is 0 Å². The molecule has 0 radical (unpaired) electrons. The smallest absolute Gasteiger partial charge is 0.358 e. The quantitative estimate of drug-likeness (QED) is 0.805. The summed E-state index contributed by atoms with van der Waals surface area (Å²) in [5.74, 6) is -0.662. The number of nitrogens with zero attached hydrogens (tertiary/aromatic N) is 3. The standard InChI is InChI=1S/C18H16FN3O3/c19-11-3-4-13-12(7-11)17(23)21-6-5-14(21)16-15(20-9-22(13)16)18(24)25-8-10-1-2-10/h3-4,7,9-10,14H,1-2,5-6,8H2/t14-/m0/s1. The van der Waals surface area contributed by atoms with E-state index in [9.17, 15) is 14.0 Å². The lowest BCUT2D eigenvalue weighted by Crippen LogP contribution is -2.45. The molecule has 0 bridgehead atoms. The van der Waals surface area contributed by atoms with Crippen molar-refractivity contribution in [1.82, 2.24) is 14.5 Å². The SMILES string of the molecule is O=C(OCC1CC1)c1ncn2c1[C@@H]1CCN1C(=O)c1cc(F)ccc1-2. The van der Waals surface area contributed by atoms with Gasteiger partial charge in [-0.15, -0.1) is 0 Å². The fourth-order valence-electron chi connectivity index (χ4n) is 3.53. The molecular weight excluding hydrogens is 325 g/mol. The van der Waals surface area contributed by atoms with E-state index < -0.39 is 11.8 Å². The lowest BCUT2D eigenvalue weighted by atomic mass is 9.97. The number of fused-ring (bicyclic) bond motifs is 5. The van der Waals surface area contributed by atoms with Crippen LogP contribution in [-0.4, -0.2) is 39.5 Å². The minimum absolute atomic E-state index is 0.216. The number of aromatic nitrogens is 2. The number of halogens is 1. The maximum Gasteiger partial charge on any atom is 0.358 e. The maximum absolute atomic E-state index is 13.7. The van der Waals surface area contributed by atoms with Crippen molar-refractivity contribution in [3.05, 3.63) is 47.3 Å². The summed E-state index contributed by atoms with van der Waals surface area (Å²) in [4.78, 5) is 31.1. The molecule has 1 saturated carbocycles. The van der Waals surface area contributed by atoms with Gasteiger partial charge in [-0.3, -0.25) is 9.36 Å². The molecule has 3 heterocycles. The summed E-state index contributed by atoms with van der Waals surface area (Å²) >= 11 is 0. The second kappa shape index (κ2) is 5.15. The number of ether oxygens (including phenoxy) is 1. The number of carbonyl (C=O) groups is 2. The first-order chi connectivity index (χ1) is 12.1. The van der Waals surface area contributed by atoms with Gasteiger partial charge in [0.25, 0.3) is 5.91 Å². The van der Waals surface area contributed by atoms with E-state index in [0.717, 1.165) is 19.3 Å². The first-order valence-corrected chi connectivity index (χ1v) is 8.48. The van der Waals surface area contributed by atoms with Crippen LogP contribution in [-0.2, 0) is 4.74 Å². The Labute approximate surface area is 143 Å². The maximum atomic E-state index is 13.7. The van der Waals surface area contributed by atoms with E-state index in [2.05, 4.69) is 4.98 Å². The molecule has 2 aromatic rings. The van der Waals surface area contributed by atoms with E-state index in [0.29, 0.717) is 36.0 Å². The predicted molar refractivity (Wildman–Crippen MR) is 84.9 cm³/mol. The van der Waals surface area contributed by atoms with Crippen molar-refractivity contribution < 1.29 is 18.7 Å². The summed E-state index contributed by atoms with van der Waals surface area (Å²) < 4.78 is 20.8. The Kier molecular flexibility index (Phi) is 3.01. The van der Waals surface area contributed by atoms with E-state index in [4.69, 9.17) is 4.74 Å². The highest BCUT2D eigenvalue weighted by Crippen LogP contribution is 2.41. The predicted octanol–water partition coefficient (Wildman–Crippen LogP) is 2.48. The third kappa shape index (κ3) is 2.18. The minimum atomic E-state index is -0.461. The first kappa shape index (κ1) is 14.6. The lowest BCUT2D eigenvalue weighted by Gasteiger charge is -2.39. The third-order valence-electron chi connectivity index (χ3n) is 5.19. The van der Waals surface area contributed by atoms with Crippen LogP contribution in [0.15, 0.2) is 24.5 Å². The van der Waals surface area contributed by atoms with Gasteiger partial charge in [0.2, 0.25) is 0 Å². The molecule has 1 amide bonds. The van der Waals surface area contributed by atoms with Gasteiger partial charge in [0.05, 0.1) is 29.6 Å². The number of benzene rings is 1. The molecule has 25 heavy (non-hydrogen) atoms. The van der Waals surface area contributed by atoms with Crippen LogP contribution < -0.4 is 0 Å². The van der Waals surface area contributed by atoms with Gasteiger partial charge >= 0.3 is 5.97 Å². The minimum Gasteiger partial charge on any atom is -0.461 e. The van der Waals surface area contributed by atoms with Crippen molar-refractivity contribution in [3.8, 4) is 5.69 Å². The van der Waals surface area contributed by atoms with Crippen molar-refractivity contribution >= 4 is 11.9 Å². The number of hydrogen-bond donors (Lipinski definition) is 0. The van der Waals surface area contributed by atoms with Crippen molar-refractivity contribution in [2.75, 3.05) is 13.2 Å². The van der Waals surface area contributed by atoms with E-state index in [1.807, 2.05) is 0 Å². The van der Waals surface area contributed by atoms with E-state index in [1.54, 1.807) is 15.5 Å². The molecule has 2 aliphatic heterocycles. The number of imidazole rings is 1. The van der Waals surface area contributed by atoms with Crippen LogP contribution in [0.1, 0.15) is 51.8 Å². The van der Waals surface area contributed by atoms with Gasteiger partial charge in [0, 0.05) is 6.54 Å². The molecule has 1 saturated heterocycles.